The van der Waals surface area contributed by atoms with Gasteiger partial charge in [0, 0.05) is 5.69 Å². The SMILES string of the molecule is COC(=O)c1cccc(-c2c(O)cc(C)[nH]c2=O)c1C. The van der Waals surface area contributed by atoms with Crippen LogP contribution < -0.4 is 5.56 Å². The number of ether oxygens (including phenoxy) is 1. The lowest BCUT2D eigenvalue weighted by atomic mass is 9.96. The summed E-state index contributed by atoms with van der Waals surface area (Å²) in [4.78, 5) is 26.3. The third-order valence-corrected chi connectivity index (χ3v) is 3.16. The van der Waals surface area contributed by atoms with Gasteiger partial charge >= 0.3 is 5.97 Å². The predicted octanol–water partition coefficient (Wildman–Crippen LogP) is 2.15. The normalized spacial score (nSPS) is 10.3. The van der Waals surface area contributed by atoms with Crippen LogP contribution in [0.4, 0.5) is 0 Å². The second kappa shape index (κ2) is 5.21. The van der Waals surface area contributed by atoms with Gasteiger partial charge in [-0.3, -0.25) is 4.79 Å². The van der Waals surface area contributed by atoms with Gasteiger partial charge in [0.2, 0.25) is 0 Å². The Morgan fingerprint density at radius 1 is 1.30 bits per heavy atom. The van der Waals surface area contributed by atoms with Crippen LogP contribution in [0.5, 0.6) is 5.75 Å². The number of hydrogen-bond acceptors (Lipinski definition) is 4. The second-order valence-electron chi connectivity index (χ2n) is 4.51. The Hall–Kier alpha value is -2.56. The predicted molar refractivity (Wildman–Crippen MR) is 75.0 cm³/mol. The molecule has 2 rings (SSSR count). The molecule has 0 saturated heterocycles. The van der Waals surface area contributed by atoms with Gasteiger partial charge in [0.25, 0.3) is 5.56 Å². The quantitative estimate of drug-likeness (QED) is 0.822. The molecule has 1 aromatic heterocycles. The standard InChI is InChI=1S/C15H15NO4/c1-8-7-12(17)13(14(18)16-8)10-5-4-6-11(9(10)2)15(19)20-3/h4-7H,1-3H3,(H2,16,17,18). The lowest BCUT2D eigenvalue weighted by molar-refractivity contribution is 0.0600. The molecule has 0 radical (unpaired) electrons. The number of esters is 1. The summed E-state index contributed by atoms with van der Waals surface area (Å²) >= 11 is 0. The van der Waals surface area contributed by atoms with Gasteiger partial charge in [-0.2, -0.15) is 0 Å². The Balaban J connectivity index is 2.72. The minimum absolute atomic E-state index is 0.114. The van der Waals surface area contributed by atoms with Crippen molar-refractivity contribution in [2.24, 2.45) is 0 Å². The van der Waals surface area contributed by atoms with Crippen LogP contribution in [0.3, 0.4) is 0 Å². The molecule has 0 aliphatic carbocycles. The number of aromatic amines is 1. The van der Waals surface area contributed by atoms with E-state index in [1.54, 1.807) is 32.0 Å². The summed E-state index contributed by atoms with van der Waals surface area (Å²) in [6, 6.07) is 6.42. The van der Waals surface area contributed by atoms with E-state index in [1.807, 2.05) is 0 Å². The molecule has 2 N–H and O–H groups in total. The van der Waals surface area contributed by atoms with Crippen LogP contribution in [-0.4, -0.2) is 23.2 Å². The highest BCUT2D eigenvalue weighted by Crippen LogP contribution is 2.30. The van der Waals surface area contributed by atoms with Crippen molar-refractivity contribution in [1.82, 2.24) is 4.98 Å². The van der Waals surface area contributed by atoms with Crippen LogP contribution in [0.1, 0.15) is 21.6 Å². The molecule has 0 amide bonds. The first-order valence-electron chi connectivity index (χ1n) is 6.07. The molecule has 5 heteroatoms. The highest BCUT2D eigenvalue weighted by Gasteiger charge is 2.17. The lowest BCUT2D eigenvalue weighted by Gasteiger charge is -2.11. The van der Waals surface area contributed by atoms with E-state index in [0.717, 1.165) is 0 Å². The topological polar surface area (TPSA) is 79.4 Å². The Morgan fingerprint density at radius 3 is 2.60 bits per heavy atom. The summed E-state index contributed by atoms with van der Waals surface area (Å²) in [7, 11) is 1.30. The molecule has 0 unspecified atom stereocenters. The molecule has 0 spiro atoms. The van der Waals surface area contributed by atoms with E-state index in [-0.39, 0.29) is 11.3 Å². The van der Waals surface area contributed by atoms with Gasteiger partial charge in [0.1, 0.15) is 5.75 Å². The highest BCUT2D eigenvalue weighted by atomic mass is 16.5. The largest absolute Gasteiger partial charge is 0.507 e. The molecule has 0 aliphatic heterocycles. The van der Waals surface area contributed by atoms with E-state index in [4.69, 9.17) is 4.74 Å². The highest BCUT2D eigenvalue weighted by molar-refractivity contribution is 5.93. The van der Waals surface area contributed by atoms with Gasteiger partial charge in [0.15, 0.2) is 0 Å². The number of benzene rings is 1. The number of carbonyl (C=O) groups is 1. The molecule has 1 aromatic carbocycles. The number of aryl methyl sites for hydroxylation is 1. The number of aromatic hydroxyl groups is 1. The zero-order chi connectivity index (χ0) is 14.9. The van der Waals surface area contributed by atoms with Gasteiger partial charge in [-0.1, -0.05) is 12.1 Å². The molecule has 2 aromatic rings. The fourth-order valence-corrected chi connectivity index (χ4v) is 2.17. The van der Waals surface area contributed by atoms with Gasteiger partial charge in [-0.05, 0) is 37.1 Å². The fraction of sp³-hybridized carbons (Fsp3) is 0.200. The molecule has 104 valence electrons. The molecule has 0 bridgehead atoms. The van der Waals surface area contributed by atoms with Gasteiger partial charge in [-0.25, -0.2) is 4.79 Å². The number of nitrogens with one attached hydrogen (secondary N) is 1. The van der Waals surface area contributed by atoms with Crippen LogP contribution in [0.2, 0.25) is 0 Å². The molecular formula is C15H15NO4. The van der Waals surface area contributed by atoms with Crippen molar-refractivity contribution < 1.29 is 14.6 Å². The van der Waals surface area contributed by atoms with Crippen LogP contribution in [0.25, 0.3) is 11.1 Å². The van der Waals surface area contributed by atoms with E-state index in [2.05, 4.69) is 4.98 Å². The van der Waals surface area contributed by atoms with E-state index in [1.165, 1.54) is 13.2 Å². The molecule has 0 aliphatic rings. The minimum atomic E-state index is -0.479. The smallest absolute Gasteiger partial charge is 0.338 e. The minimum Gasteiger partial charge on any atom is -0.507 e. The van der Waals surface area contributed by atoms with Crippen molar-refractivity contribution >= 4 is 5.97 Å². The van der Waals surface area contributed by atoms with Crippen LogP contribution in [-0.2, 0) is 4.74 Å². The van der Waals surface area contributed by atoms with Crippen molar-refractivity contribution in [3.8, 4) is 16.9 Å². The zero-order valence-corrected chi connectivity index (χ0v) is 11.5. The van der Waals surface area contributed by atoms with Gasteiger partial charge < -0.3 is 14.8 Å². The molecule has 20 heavy (non-hydrogen) atoms. The maximum absolute atomic E-state index is 12.0. The summed E-state index contributed by atoms with van der Waals surface area (Å²) < 4.78 is 4.70. The monoisotopic (exact) mass is 273 g/mol. The summed E-state index contributed by atoms with van der Waals surface area (Å²) in [6.45, 7) is 3.39. The first-order chi connectivity index (χ1) is 9.45. The first kappa shape index (κ1) is 13.9. The Morgan fingerprint density at radius 2 is 2.00 bits per heavy atom. The van der Waals surface area contributed by atoms with Crippen molar-refractivity contribution in [2.75, 3.05) is 7.11 Å². The van der Waals surface area contributed by atoms with Crippen LogP contribution >= 0.6 is 0 Å². The number of H-pyrrole nitrogens is 1. The second-order valence-corrected chi connectivity index (χ2v) is 4.51. The first-order valence-corrected chi connectivity index (χ1v) is 6.07. The number of rotatable bonds is 2. The Kier molecular flexibility index (Phi) is 3.61. The van der Waals surface area contributed by atoms with Crippen molar-refractivity contribution in [3.05, 3.63) is 51.4 Å². The Labute approximate surface area is 115 Å². The van der Waals surface area contributed by atoms with Crippen molar-refractivity contribution in [2.45, 2.75) is 13.8 Å². The number of aromatic nitrogens is 1. The maximum atomic E-state index is 12.0. The molecule has 1 heterocycles. The Bertz CT molecular complexity index is 731. The molecule has 5 nitrogen and oxygen atoms in total. The average Bonchev–Trinajstić information content (AvgIpc) is 2.38. The van der Waals surface area contributed by atoms with Crippen LogP contribution in [0, 0.1) is 13.8 Å². The molecular weight excluding hydrogens is 258 g/mol. The molecule has 0 saturated carbocycles. The van der Waals surface area contributed by atoms with Crippen molar-refractivity contribution in [3.63, 3.8) is 0 Å². The van der Waals surface area contributed by atoms with E-state index < -0.39 is 11.5 Å². The van der Waals surface area contributed by atoms with Crippen LogP contribution in [0.15, 0.2) is 29.1 Å². The third kappa shape index (κ3) is 2.30. The van der Waals surface area contributed by atoms with Crippen molar-refractivity contribution in [1.29, 1.82) is 0 Å². The summed E-state index contributed by atoms with van der Waals surface area (Å²) in [5.41, 5.74) is 1.78. The van der Waals surface area contributed by atoms with E-state index in [9.17, 15) is 14.7 Å². The number of carbonyl (C=O) groups excluding carboxylic acids is 1. The zero-order valence-electron chi connectivity index (χ0n) is 11.5. The summed E-state index contributed by atoms with van der Waals surface area (Å²) in [6.07, 6.45) is 0. The van der Waals surface area contributed by atoms with E-state index in [0.29, 0.717) is 22.4 Å². The average molecular weight is 273 g/mol. The summed E-state index contributed by atoms with van der Waals surface area (Å²) in [5.74, 6) is -0.594. The lowest BCUT2D eigenvalue weighted by Crippen LogP contribution is -2.12. The van der Waals surface area contributed by atoms with E-state index >= 15 is 0 Å². The number of methoxy groups -OCH3 is 1. The maximum Gasteiger partial charge on any atom is 0.338 e. The fourth-order valence-electron chi connectivity index (χ4n) is 2.17. The summed E-state index contributed by atoms with van der Waals surface area (Å²) in [5, 5.41) is 10.0. The number of pyridine rings is 1. The van der Waals surface area contributed by atoms with Gasteiger partial charge in [0.05, 0.1) is 18.2 Å². The number of hydrogen-bond donors (Lipinski definition) is 2. The van der Waals surface area contributed by atoms with Gasteiger partial charge in [-0.15, -0.1) is 0 Å². The molecule has 0 fully saturated rings. The third-order valence-electron chi connectivity index (χ3n) is 3.16. The molecule has 0 atom stereocenters.